The highest BCUT2D eigenvalue weighted by Crippen LogP contribution is 2.24. The molecule has 0 spiro atoms. The molecule has 1 saturated heterocycles. The molecule has 1 aromatic carbocycles. The summed E-state index contributed by atoms with van der Waals surface area (Å²) in [6, 6.07) is 8.09. The van der Waals surface area contributed by atoms with Crippen molar-refractivity contribution in [2.45, 2.75) is 32.3 Å². The predicted molar refractivity (Wildman–Crippen MR) is 72.3 cm³/mol. The van der Waals surface area contributed by atoms with Gasteiger partial charge < -0.3 is 15.4 Å². The number of nitrogens with two attached hydrogens (primary N) is 1. The standard InChI is InChI=1S/C14H22N2O/c1-2-9-16(11-12-6-5-10-17-12)14-8-4-3-7-13(14)15/h3-4,7-8,12H,2,5-6,9-11,15H2,1H3. The Kier molecular flexibility index (Phi) is 4.26. The van der Waals surface area contributed by atoms with Gasteiger partial charge in [0.25, 0.3) is 0 Å². The maximum absolute atomic E-state index is 6.04. The van der Waals surface area contributed by atoms with Crippen molar-refractivity contribution in [1.29, 1.82) is 0 Å². The second-order valence-electron chi connectivity index (χ2n) is 4.64. The zero-order valence-electron chi connectivity index (χ0n) is 10.6. The Bertz CT molecular complexity index is 348. The molecule has 94 valence electrons. The lowest BCUT2D eigenvalue weighted by molar-refractivity contribution is 0.115. The van der Waals surface area contributed by atoms with E-state index in [1.54, 1.807) is 0 Å². The van der Waals surface area contributed by atoms with E-state index < -0.39 is 0 Å². The van der Waals surface area contributed by atoms with E-state index in [0.717, 1.165) is 37.5 Å². The Morgan fingerprint density at radius 3 is 2.88 bits per heavy atom. The van der Waals surface area contributed by atoms with E-state index in [-0.39, 0.29) is 0 Å². The summed E-state index contributed by atoms with van der Waals surface area (Å²) in [4.78, 5) is 2.35. The second-order valence-corrected chi connectivity index (χ2v) is 4.64. The van der Waals surface area contributed by atoms with Crippen LogP contribution >= 0.6 is 0 Å². The van der Waals surface area contributed by atoms with Gasteiger partial charge >= 0.3 is 0 Å². The molecular formula is C14H22N2O. The van der Waals surface area contributed by atoms with Crippen LogP contribution in [0.4, 0.5) is 11.4 Å². The smallest absolute Gasteiger partial charge is 0.0750 e. The number of nitrogens with zero attached hydrogens (tertiary/aromatic N) is 1. The molecule has 1 atom stereocenters. The fourth-order valence-corrected chi connectivity index (χ4v) is 2.39. The van der Waals surface area contributed by atoms with Gasteiger partial charge in [0.05, 0.1) is 17.5 Å². The third-order valence-corrected chi connectivity index (χ3v) is 3.22. The maximum atomic E-state index is 6.04. The average Bonchev–Trinajstić information content (AvgIpc) is 2.82. The normalized spacial score (nSPS) is 19.5. The van der Waals surface area contributed by atoms with Gasteiger partial charge in [-0.1, -0.05) is 19.1 Å². The molecule has 2 N–H and O–H groups in total. The molecule has 17 heavy (non-hydrogen) atoms. The molecule has 1 aliphatic heterocycles. The van der Waals surface area contributed by atoms with Crippen LogP contribution in [-0.2, 0) is 4.74 Å². The van der Waals surface area contributed by atoms with E-state index in [1.807, 2.05) is 18.2 Å². The minimum absolute atomic E-state index is 0.376. The van der Waals surface area contributed by atoms with Gasteiger partial charge in [0.1, 0.15) is 0 Å². The van der Waals surface area contributed by atoms with Crippen molar-refractivity contribution < 1.29 is 4.74 Å². The first-order valence-corrected chi connectivity index (χ1v) is 6.52. The van der Waals surface area contributed by atoms with Crippen molar-refractivity contribution in [3.63, 3.8) is 0 Å². The first kappa shape index (κ1) is 12.2. The lowest BCUT2D eigenvalue weighted by Gasteiger charge is -2.28. The summed E-state index contributed by atoms with van der Waals surface area (Å²) < 4.78 is 5.71. The Morgan fingerprint density at radius 2 is 2.24 bits per heavy atom. The van der Waals surface area contributed by atoms with Crippen LogP contribution in [0.3, 0.4) is 0 Å². The zero-order valence-corrected chi connectivity index (χ0v) is 10.6. The minimum Gasteiger partial charge on any atom is -0.397 e. The first-order valence-electron chi connectivity index (χ1n) is 6.52. The third kappa shape index (κ3) is 3.13. The van der Waals surface area contributed by atoms with Gasteiger partial charge in [-0.15, -0.1) is 0 Å². The molecule has 3 heteroatoms. The van der Waals surface area contributed by atoms with Crippen molar-refractivity contribution in [3.8, 4) is 0 Å². The largest absolute Gasteiger partial charge is 0.397 e. The topological polar surface area (TPSA) is 38.5 Å². The van der Waals surface area contributed by atoms with Crippen LogP contribution in [0.2, 0.25) is 0 Å². The molecule has 0 radical (unpaired) electrons. The van der Waals surface area contributed by atoms with Crippen LogP contribution < -0.4 is 10.6 Å². The number of benzene rings is 1. The van der Waals surface area contributed by atoms with E-state index in [2.05, 4.69) is 17.9 Å². The molecular weight excluding hydrogens is 212 g/mol. The van der Waals surface area contributed by atoms with Crippen molar-refractivity contribution in [3.05, 3.63) is 24.3 Å². The quantitative estimate of drug-likeness (QED) is 0.796. The second kappa shape index (κ2) is 5.92. The molecule has 1 heterocycles. The number of hydrogen-bond acceptors (Lipinski definition) is 3. The summed E-state index contributed by atoms with van der Waals surface area (Å²) in [5.74, 6) is 0. The van der Waals surface area contributed by atoms with Crippen molar-refractivity contribution in [2.24, 2.45) is 0 Å². The molecule has 1 aromatic rings. The number of ether oxygens (including phenoxy) is 1. The minimum atomic E-state index is 0.376. The van der Waals surface area contributed by atoms with Crippen LogP contribution in [0, 0.1) is 0 Å². The number of nitrogen functional groups attached to an aromatic ring is 1. The fraction of sp³-hybridized carbons (Fsp3) is 0.571. The molecule has 2 rings (SSSR count). The lowest BCUT2D eigenvalue weighted by atomic mass is 10.2. The third-order valence-electron chi connectivity index (χ3n) is 3.22. The molecule has 0 bridgehead atoms. The van der Waals surface area contributed by atoms with Crippen molar-refractivity contribution in [1.82, 2.24) is 0 Å². The van der Waals surface area contributed by atoms with E-state index in [9.17, 15) is 0 Å². The highest BCUT2D eigenvalue weighted by molar-refractivity contribution is 5.67. The molecule has 1 unspecified atom stereocenters. The van der Waals surface area contributed by atoms with Gasteiger partial charge in [0.2, 0.25) is 0 Å². The molecule has 0 aromatic heterocycles. The molecule has 1 fully saturated rings. The maximum Gasteiger partial charge on any atom is 0.0750 e. The summed E-state index contributed by atoms with van der Waals surface area (Å²) in [6.45, 7) is 5.10. The number of rotatable bonds is 5. The van der Waals surface area contributed by atoms with E-state index in [1.165, 1.54) is 12.8 Å². The summed E-state index contributed by atoms with van der Waals surface area (Å²) in [5, 5.41) is 0. The number of hydrogen-bond donors (Lipinski definition) is 1. The predicted octanol–water partition coefficient (Wildman–Crippen LogP) is 2.66. The Labute approximate surface area is 104 Å². The zero-order chi connectivity index (χ0) is 12.1. The number of anilines is 2. The van der Waals surface area contributed by atoms with Crippen molar-refractivity contribution in [2.75, 3.05) is 30.3 Å². The van der Waals surface area contributed by atoms with Crippen molar-refractivity contribution >= 4 is 11.4 Å². The van der Waals surface area contributed by atoms with Gasteiger partial charge in [0.15, 0.2) is 0 Å². The Morgan fingerprint density at radius 1 is 1.41 bits per heavy atom. The van der Waals surface area contributed by atoms with E-state index >= 15 is 0 Å². The Balaban J connectivity index is 2.08. The number of para-hydroxylation sites is 2. The van der Waals surface area contributed by atoms with Gasteiger partial charge in [-0.05, 0) is 31.4 Å². The SMILES string of the molecule is CCCN(CC1CCCO1)c1ccccc1N. The van der Waals surface area contributed by atoms with Gasteiger partial charge in [-0.2, -0.15) is 0 Å². The summed E-state index contributed by atoms with van der Waals surface area (Å²) in [6.07, 6.45) is 3.87. The lowest BCUT2D eigenvalue weighted by Crippen LogP contribution is -2.33. The summed E-state index contributed by atoms with van der Waals surface area (Å²) in [5.41, 5.74) is 8.05. The molecule has 3 nitrogen and oxygen atoms in total. The summed E-state index contributed by atoms with van der Waals surface area (Å²) >= 11 is 0. The van der Waals surface area contributed by atoms with Crippen LogP contribution in [0.5, 0.6) is 0 Å². The van der Waals surface area contributed by atoms with Crippen LogP contribution in [0.15, 0.2) is 24.3 Å². The van der Waals surface area contributed by atoms with Gasteiger partial charge in [0, 0.05) is 19.7 Å². The van der Waals surface area contributed by atoms with Crippen LogP contribution in [0.1, 0.15) is 26.2 Å². The summed E-state index contributed by atoms with van der Waals surface area (Å²) in [7, 11) is 0. The van der Waals surface area contributed by atoms with Crippen LogP contribution in [-0.4, -0.2) is 25.8 Å². The van der Waals surface area contributed by atoms with E-state index in [4.69, 9.17) is 10.5 Å². The van der Waals surface area contributed by atoms with Crippen LogP contribution in [0.25, 0.3) is 0 Å². The fourth-order valence-electron chi connectivity index (χ4n) is 2.39. The highest BCUT2D eigenvalue weighted by atomic mass is 16.5. The molecule has 0 amide bonds. The van der Waals surface area contributed by atoms with Gasteiger partial charge in [-0.3, -0.25) is 0 Å². The highest BCUT2D eigenvalue weighted by Gasteiger charge is 2.19. The van der Waals surface area contributed by atoms with E-state index in [0.29, 0.717) is 6.10 Å². The average molecular weight is 234 g/mol. The molecule has 0 aliphatic carbocycles. The molecule has 1 aliphatic rings. The first-order chi connectivity index (χ1) is 8.31. The molecule has 0 saturated carbocycles. The van der Waals surface area contributed by atoms with Gasteiger partial charge in [-0.25, -0.2) is 0 Å². The Hall–Kier alpha value is -1.22. The monoisotopic (exact) mass is 234 g/mol.